The number of hydrogen-bond acceptors (Lipinski definition) is 3. The van der Waals surface area contributed by atoms with Crippen LogP contribution >= 0.6 is 0 Å². The van der Waals surface area contributed by atoms with E-state index >= 15 is 0 Å². The van der Waals surface area contributed by atoms with Crippen molar-refractivity contribution in [3.8, 4) is 5.75 Å². The second-order valence-electron chi connectivity index (χ2n) is 6.68. The van der Waals surface area contributed by atoms with Gasteiger partial charge in [0.2, 0.25) is 0 Å². The van der Waals surface area contributed by atoms with Gasteiger partial charge in [-0.05, 0) is 42.9 Å². The Morgan fingerprint density at radius 3 is 2.75 bits per heavy atom. The van der Waals surface area contributed by atoms with Gasteiger partial charge >= 0.3 is 6.03 Å². The maximum absolute atomic E-state index is 12.4. The highest BCUT2D eigenvalue weighted by Crippen LogP contribution is 2.32. The summed E-state index contributed by atoms with van der Waals surface area (Å²) < 4.78 is 10.7. The minimum atomic E-state index is 0.0252. The van der Waals surface area contributed by atoms with Crippen LogP contribution < -0.4 is 10.1 Å². The first-order valence-corrected chi connectivity index (χ1v) is 8.88. The molecule has 0 spiro atoms. The fourth-order valence-corrected chi connectivity index (χ4v) is 2.97. The lowest BCUT2D eigenvalue weighted by molar-refractivity contribution is 0.107. The molecule has 134 valence electrons. The number of hydrogen-bond donors (Lipinski definition) is 1. The molecular weight excluding hydrogens is 304 g/mol. The van der Waals surface area contributed by atoms with E-state index in [9.17, 15) is 4.79 Å². The first kappa shape index (κ1) is 18.6. The fraction of sp³-hybridized carbons (Fsp3) is 0.632. The van der Waals surface area contributed by atoms with E-state index < -0.39 is 0 Å². The smallest absolute Gasteiger partial charge is 0.317 e. The highest BCUT2D eigenvalue weighted by Gasteiger charge is 2.29. The van der Waals surface area contributed by atoms with Crippen LogP contribution in [-0.2, 0) is 4.74 Å². The summed E-state index contributed by atoms with van der Waals surface area (Å²) in [7, 11) is 1.66. The number of benzene rings is 1. The molecule has 1 unspecified atom stereocenters. The lowest BCUT2D eigenvalue weighted by Crippen LogP contribution is -2.40. The molecule has 0 aromatic heterocycles. The number of carbonyl (C=O) groups excluding carboxylic acids is 1. The molecule has 5 nitrogen and oxygen atoms in total. The quantitative estimate of drug-likeness (QED) is 0.739. The minimum Gasteiger partial charge on any atom is -0.497 e. The maximum Gasteiger partial charge on any atom is 0.317 e. The fourth-order valence-electron chi connectivity index (χ4n) is 2.97. The van der Waals surface area contributed by atoms with E-state index in [4.69, 9.17) is 9.47 Å². The van der Waals surface area contributed by atoms with Gasteiger partial charge in [-0.15, -0.1) is 0 Å². The summed E-state index contributed by atoms with van der Waals surface area (Å²) in [6, 6.07) is 8.19. The Balaban J connectivity index is 1.78. The van der Waals surface area contributed by atoms with E-state index in [1.54, 1.807) is 7.11 Å². The average molecular weight is 334 g/mol. The van der Waals surface area contributed by atoms with Crippen molar-refractivity contribution < 1.29 is 14.3 Å². The van der Waals surface area contributed by atoms with Crippen LogP contribution in [0.5, 0.6) is 5.75 Å². The summed E-state index contributed by atoms with van der Waals surface area (Å²) >= 11 is 0. The Labute approximate surface area is 145 Å². The van der Waals surface area contributed by atoms with Crippen molar-refractivity contribution in [1.82, 2.24) is 10.2 Å². The van der Waals surface area contributed by atoms with E-state index in [1.165, 1.54) is 5.56 Å². The molecule has 1 saturated heterocycles. The monoisotopic (exact) mass is 334 g/mol. The largest absolute Gasteiger partial charge is 0.497 e. The van der Waals surface area contributed by atoms with E-state index in [1.807, 2.05) is 17.0 Å². The Bertz CT molecular complexity index is 502. The molecule has 0 bridgehead atoms. The molecule has 0 radical (unpaired) electrons. The zero-order chi connectivity index (χ0) is 17.4. The summed E-state index contributed by atoms with van der Waals surface area (Å²) in [6.45, 7) is 7.21. The topological polar surface area (TPSA) is 50.8 Å². The van der Waals surface area contributed by atoms with Crippen molar-refractivity contribution in [3.63, 3.8) is 0 Å². The molecule has 5 heteroatoms. The third kappa shape index (κ3) is 5.41. The number of methoxy groups -OCH3 is 1. The van der Waals surface area contributed by atoms with E-state index in [2.05, 4.69) is 31.3 Å². The molecule has 1 aliphatic rings. The Morgan fingerprint density at radius 1 is 1.33 bits per heavy atom. The second kappa shape index (κ2) is 9.52. The third-order valence-electron chi connectivity index (χ3n) is 4.21. The molecule has 2 rings (SSSR count). The van der Waals surface area contributed by atoms with Gasteiger partial charge in [-0.1, -0.05) is 26.0 Å². The summed E-state index contributed by atoms with van der Waals surface area (Å²) in [6.07, 6.45) is 2.90. The Kier molecular flexibility index (Phi) is 7.37. The Morgan fingerprint density at radius 2 is 2.08 bits per heavy atom. The van der Waals surface area contributed by atoms with Gasteiger partial charge in [-0.3, -0.25) is 0 Å². The van der Waals surface area contributed by atoms with E-state index in [0.717, 1.165) is 38.2 Å². The van der Waals surface area contributed by atoms with Crippen LogP contribution in [0, 0.1) is 5.92 Å². The van der Waals surface area contributed by atoms with Crippen LogP contribution in [0.3, 0.4) is 0 Å². The molecule has 1 heterocycles. The molecular formula is C19H30N2O3. The number of nitrogens with one attached hydrogen (secondary N) is 1. The van der Waals surface area contributed by atoms with Gasteiger partial charge in [-0.25, -0.2) is 4.79 Å². The van der Waals surface area contributed by atoms with Crippen molar-refractivity contribution in [3.05, 3.63) is 29.8 Å². The van der Waals surface area contributed by atoms with Crippen molar-refractivity contribution in [2.75, 3.05) is 33.4 Å². The summed E-state index contributed by atoms with van der Waals surface area (Å²) in [4.78, 5) is 14.4. The highest BCUT2D eigenvalue weighted by atomic mass is 16.5. The van der Waals surface area contributed by atoms with Crippen molar-refractivity contribution in [2.24, 2.45) is 5.92 Å². The predicted molar refractivity (Wildman–Crippen MR) is 95.3 cm³/mol. The number of nitrogens with zero attached hydrogens (tertiary/aromatic N) is 1. The number of rotatable bonds is 8. The second-order valence-corrected chi connectivity index (χ2v) is 6.68. The van der Waals surface area contributed by atoms with E-state index in [0.29, 0.717) is 19.1 Å². The van der Waals surface area contributed by atoms with Crippen molar-refractivity contribution >= 4 is 6.03 Å². The normalized spacial score (nSPS) is 17.3. The van der Waals surface area contributed by atoms with Crippen LogP contribution in [0.4, 0.5) is 4.79 Å². The van der Waals surface area contributed by atoms with Gasteiger partial charge in [0.15, 0.2) is 0 Å². The third-order valence-corrected chi connectivity index (χ3v) is 4.21. The molecule has 1 aliphatic heterocycles. The lowest BCUT2D eigenvalue weighted by Gasteiger charge is -2.25. The average Bonchev–Trinajstić information content (AvgIpc) is 3.07. The molecule has 1 aromatic carbocycles. The predicted octanol–water partition coefficient (Wildman–Crippen LogP) is 3.60. The van der Waals surface area contributed by atoms with Crippen LogP contribution in [0.15, 0.2) is 24.3 Å². The van der Waals surface area contributed by atoms with Crippen LogP contribution in [0.25, 0.3) is 0 Å². The Hall–Kier alpha value is -1.75. The highest BCUT2D eigenvalue weighted by molar-refractivity contribution is 5.75. The molecule has 0 saturated carbocycles. The number of urea groups is 1. The summed E-state index contributed by atoms with van der Waals surface area (Å²) in [5.74, 6) is 1.39. The maximum atomic E-state index is 12.4. The molecule has 1 aromatic rings. The molecule has 1 N–H and O–H groups in total. The minimum absolute atomic E-state index is 0.0252. The molecule has 1 atom stereocenters. The van der Waals surface area contributed by atoms with Crippen LogP contribution in [0.1, 0.15) is 44.7 Å². The van der Waals surface area contributed by atoms with Crippen molar-refractivity contribution in [2.45, 2.75) is 39.2 Å². The van der Waals surface area contributed by atoms with Crippen LogP contribution in [-0.4, -0.2) is 44.3 Å². The summed E-state index contributed by atoms with van der Waals surface area (Å²) in [5.41, 5.74) is 1.17. The standard InChI is InChI=1S/C19H30N2O3/c1-15(2)14-24-13-5-11-20-19(22)21-12-4-6-18(21)16-7-9-17(23-3)10-8-16/h7-10,15,18H,4-6,11-14H2,1-3H3,(H,20,22). The summed E-state index contributed by atoms with van der Waals surface area (Å²) in [5, 5.41) is 3.02. The zero-order valence-electron chi connectivity index (χ0n) is 15.1. The first-order valence-electron chi connectivity index (χ1n) is 8.88. The van der Waals surface area contributed by atoms with Gasteiger partial charge in [0.05, 0.1) is 13.2 Å². The van der Waals surface area contributed by atoms with Gasteiger partial charge in [0.1, 0.15) is 5.75 Å². The van der Waals surface area contributed by atoms with Gasteiger partial charge < -0.3 is 19.7 Å². The zero-order valence-corrected chi connectivity index (χ0v) is 15.1. The molecule has 0 aliphatic carbocycles. The number of likely N-dealkylation sites (tertiary alicyclic amines) is 1. The van der Waals surface area contributed by atoms with Crippen LogP contribution in [0.2, 0.25) is 0 Å². The molecule has 1 fully saturated rings. The SMILES string of the molecule is COc1ccc(C2CCCN2C(=O)NCCCOCC(C)C)cc1. The molecule has 2 amide bonds. The van der Waals surface area contributed by atoms with E-state index in [-0.39, 0.29) is 12.1 Å². The van der Waals surface area contributed by atoms with Gasteiger partial charge in [0.25, 0.3) is 0 Å². The van der Waals surface area contributed by atoms with Gasteiger partial charge in [0, 0.05) is 26.3 Å². The number of amides is 2. The number of ether oxygens (including phenoxy) is 2. The lowest BCUT2D eigenvalue weighted by atomic mass is 10.0. The van der Waals surface area contributed by atoms with Crippen molar-refractivity contribution in [1.29, 1.82) is 0 Å². The first-order chi connectivity index (χ1) is 11.6. The van der Waals surface area contributed by atoms with Gasteiger partial charge in [-0.2, -0.15) is 0 Å². The molecule has 24 heavy (non-hydrogen) atoms. The number of carbonyl (C=O) groups is 1.